The molecule has 1 saturated carbocycles. The molecule has 1 aromatic carbocycles. The summed E-state index contributed by atoms with van der Waals surface area (Å²) in [5.74, 6) is 0. The SMILES string of the molecule is CSC1(CNCCc2ccccc2)CCCC1. The zero-order chi connectivity index (χ0) is 12.0. The largest absolute Gasteiger partial charge is 0.315 e. The third kappa shape index (κ3) is 3.75. The Morgan fingerprint density at radius 1 is 1.18 bits per heavy atom. The molecule has 0 aromatic heterocycles. The second kappa shape index (κ2) is 6.46. The molecule has 1 N–H and O–H groups in total. The second-order valence-electron chi connectivity index (χ2n) is 5.01. The molecule has 0 atom stereocenters. The van der Waals surface area contributed by atoms with Crippen molar-refractivity contribution in [3.8, 4) is 0 Å². The predicted molar refractivity (Wildman–Crippen MR) is 77.7 cm³/mol. The van der Waals surface area contributed by atoms with Crippen molar-refractivity contribution >= 4 is 11.8 Å². The van der Waals surface area contributed by atoms with Crippen molar-refractivity contribution in [2.24, 2.45) is 0 Å². The van der Waals surface area contributed by atoms with E-state index in [0.717, 1.165) is 13.0 Å². The highest BCUT2D eigenvalue weighted by Gasteiger charge is 2.32. The van der Waals surface area contributed by atoms with Crippen LogP contribution >= 0.6 is 11.8 Å². The molecule has 0 aliphatic heterocycles. The highest BCUT2D eigenvalue weighted by atomic mass is 32.2. The van der Waals surface area contributed by atoms with Crippen LogP contribution in [-0.2, 0) is 6.42 Å². The van der Waals surface area contributed by atoms with E-state index in [0.29, 0.717) is 4.75 Å². The van der Waals surface area contributed by atoms with Gasteiger partial charge in [-0.05, 0) is 37.6 Å². The second-order valence-corrected chi connectivity index (χ2v) is 6.28. The highest BCUT2D eigenvalue weighted by molar-refractivity contribution is 8.00. The molecule has 0 amide bonds. The quantitative estimate of drug-likeness (QED) is 0.775. The monoisotopic (exact) mass is 249 g/mol. The van der Waals surface area contributed by atoms with Crippen LogP contribution in [0, 0.1) is 0 Å². The molecule has 0 spiro atoms. The average molecular weight is 249 g/mol. The van der Waals surface area contributed by atoms with Crippen LogP contribution in [0.5, 0.6) is 0 Å². The number of hydrogen-bond donors (Lipinski definition) is 1. The van der Waals surface area contributed by atoms with Crippen molar-refractivity contribution in [1.82, 2.24) is 5.32 Å². The molecular formula is C15H23NS. The summed E-state index contributed by atoms with van der Waals surface area (Å²) in [7, 11) is 0. The van der Waals surface area contributed by atoms with Gasteiger partial charge in [0.2, 0.25) is 0 Å². The van der Waals surface area contributed by atoms with Gasteiger partial charge < -0.3 is 5.32 Å². The number of nitrogens with one attached hydrogen (secondary N) is 1. The maximum atomic E-state index is 3.65. The maximum Gasteiger partial charge on any atom is 0.0281 e. The van der Waals surface area contributed by atoms with E-state index in [-0.39, 0.29) is 0 Å². The molecule has 0 heterocycles. The molecule has 1 aliphatic carbocycles. The van der Waals surface area contributed by atoms with Gasteiger partial charge in [0.1, 0.15) is 0 Å². The minimum atomic E-state index is 0.538. The summed E-state index contributed by atoms with van der Waals surface area (Å²) >= 11 is 2.06. The Hall–Kier alpha value is -0.470. The summed E-state index contributed by atoms with van der Waals surface area (Å²) < 4.78 is 0.538. The van der Waals surface area contributed by atoms with E-state index < -0.39 is 0 Å². The van der Waals surface area contributed by atoms with Crippen LogP contribution in [0.25, 0.3) is 0 Å². The first-order chi connectivity index (χ1) is 8.35. The first-order valence-corrected chi connectivity index (χ1v) is 7.87. The molecule has 0 saturated heterocycles. The molecule has 94 valence electrons. The van der Waals surface area contributed by atoms with Crippen LogP contribution in [0.4, 0.5) is 0 Å². The maximum absolute atomic E-state index is 3.65. The first kappa shape index (κ1) is 13.0. The fourth-order valence-electron chi connectivity index (χ4n) is 2.67. The summed E-state index contributed by atoms with van der Waals surface area (Å²) in [6.45, 7) is 2.29. The van der Waals surface area contributed by atoms with Gasteiger partial charge in [-0.15, -0.1) is 0 Å². The van der Waals surface area contributed by atoms with Crippen molar-refractivity contribution in [3.63, 3.8) is 0 Å². The Bertz CT molecular complexity index is 317. The number of benzene rings is 1. The summed E-state index contributed by atoms with van der Waals surface area (Å²) in [6.07, 6.45) is 9.04. The Morgan fingerprint density at radius 2 is 1.88 bits per heavy atom. The fourth-order valence-corrected chi connectivity index (χ4v) is 3.61. The lowest BCUT2D eigenvalue weighted by molar-refractivity contribution is 0.536. The van der Waals surface area contributed by atoms with Crippen LogP contribution in [-0.4, -0.2) is 24.1 Å². The molecular weight excluding hydrogens is 226 g/mol. The van der Waals surface area contributed by atoms with Gasteiger partial charge in [-0.3, -0.25) is 0 Å². The Morgan fingerprint density at radius 3 is 2.53 bits per heavy atom. The lowest BCUT2D eigenvalue weighted by Gasteiger charge is -2.27. The third-order valence-corrected chi connectivity index (χ3v) is 5.25. The van der Waals surface area contributed by atoms with Crippen molar-refractivity contribution in [2.45, 2.75) is 36.9 Å². The number of rotatable bonds is 6. The van der Waals surface area contributed by atoms with Crippen molar-refractivity contribution in [2.75, 3.05) is 19.3 Å². The van der Waals surface area contributed by atoms with Gasteiger partial charge in [-0.2, -0.15) is 11.8 Å². The minimum Gasteiger partial charge on any atom is -0.315 e. The van der Waals surface area contributed by atoms with E-state index in [1.54, 1.807) is 0 Å². The van der Waals surface area contributed by atoms with Gasteiger partial charge in [-0.25, -0.2) is 0 Å². The highest BCUT2D eigenvalue weighted by Crippen LogP contribution is 2.39. The number of thioether (sulfide) groups is 1. The van der Waals surface area contributed by atoms with Crippen molar-refractivity contribution in [3.05, 3.63) is 35.9 Å². The Kier molecular flexibility index (Phi) is 4.93. The van der Waals surface area contributed by atoms with Crippen molar-refractivity contribution in [1.29, 1.82) is 0 Å². The van der Waals surface area contributed by atoms with E-state index in [1.165, 1.54) is 37.8 Å². The standard InChI is InChI=1S/C15H23NS/c1-17-15(10-5-6-11-15)13-16-12-9-14-7-3-2-4-8-14/h2-4,7-8,16H,5-6,9-13H2,1H3. The molecule has 2 heteroatoms. The molecule has 1 aromatic rings. The zero-order valence-corrected chi connectivity index (χ0v) is 11.6. The molecule has 1 nitrogen and oxygen atoms in total. The van der Waals surface area contributed by atoms with Crippen LogP contribution in [0.1, 0.15) is 31.2 Å². The molecule has 0 bridgehead atoms. The smallest absolute Gasteiger partial charge is 0.0281 e. The molecule has 2 rings (SSSR count). The molecule has 0 radical (unpaired) electrons. The average Bonchev–Trinajstić information content (AvgIpc) is 2.85. The summed E-state index contributed by atoms with van der Waals surface area (Å²) in [5.41, 5.74) is 1.43. The van der Waals surface area contributed by atoms with Gasteiger partial charge in [0.05, 0.1) is 0 Å². The summed E-state index contributed by atoms with van der Waals surface area (Å²) in [5, 5.41) is 3.65. The van der Waals surface area contributed by atoms with Crippen LogP contribution in [0.2, 0.25) is 0 Å². The molecule has 0 unspecified atom stereocenters. The first-order valence-electron chi connectivity index (χ1n) is 6.64. The van der Waals surface area contributed by atoms with E-state index >= 15 is 0 Å². The van der Waals surface area contributed by atoms with E-state index in [4.69, 9.17) is 0 Å². The minimum absolute atomic E-state index is 0.538. The van der Waals surface area contributed by atoms with Crippen LogP contribution in [0.3, 0.4) is 0 Å². The van der Waals surface area contributed by atoms with Gasteiger partial charge in [-0.1, -0.05) is 43.2 Å². The lowest BCUT2D eigenvalue weighted by Crippen LogP contribution is -2.36. The molecule has 1 aliphatic rings. The van der Waals surface area contributed by atoms with Gasteiger partial charge in [0.25, 0.3) is 0 Å². The van der Waals surface area contributed by atoms with E-state index in [9.17, 15) is 0 Å². The third-order valence-electron chi connectivity index (χ3n) is 3.83. The Balaban J connectivity index is 1.69. The summed E-state index contributed by atoms with van der Waals surface area (Å²) in [6, 6.07) is 10.7. The van der Waals surface area contributed by atoms with Gasteiger partial charge in [0.15, 0.2) is 0 Å². The number of hydrogen-bond acceptors (Lipinski definition) is 2. The predicted octanol–water partition coefficient (Wildman–Crippen LogP) is 3.49. The fraction of sp³-hybridized carbons (Fsp3) is 0.600. The molecule has 1 fully saturated rings. The van der Waals surface area contributed by atoms with Gasteiger partial charge >= 0.3 is 0 Å². The zero-order valence-electron chi connectivity index (χ0n) is 10.7. The van der Waals surface area contributed by atoms with E-state index in [1.807, 2.05) is 0 Å². The van der Waals surface area contributed by atoms with Crippen LogP contribution < -0.4 is 5.32 Å². The summed E-state index contributed by atoms with van der Waals surface area (Å²) in [4.78, 5) is 0. The van der Waals surface area contributed by atoms with Gasteiger partial charge in [0, 0.05) is 11.3 Å². The normalized spacial score (nSPS) is 18.4. The van der Waals surface area contributed by atoms with Crippen molar-refractivity contribution < 1.29 is 0 Å². The van der Waals surface area contributed by atoms with Crippen LogP contribution in [0.15, 0.2) is 30.3 Å². The topological polar surface area (TPSA) is 12.0 Å². The lowest BCUT2D eigenvalue weighted by atomic mass is 10.1. The Labute approximate surface area is 109 Å². The van der Waals surface area contributed by atoms with E-state index in [2.05, 4.69) is 53.7 Å². The molecule has 17 heavy (non-hydrogen) atoms.